The van der Waals surface area contributed by atoms with Gasteiger partial charge in [-0.15, -0.1) is 0 Å². The van der Waals surface area contributed by atoms with Crippen LogP contribution < -0.4 is 5.32 Å². The summed E-state index contributed by atoms with van der Waals surface area (Å²) < 4.78 is 0. The molecule has 5 heteroatoms. The van der Waals surface area contributed by atoms with Crippen LogP contribution in [-0.4, -0.2) is 60.4 Å². The molecule has 0 radical (unpaired) electrons. The third-order valence-corrected chi connectivity index (χ3v) is 3.97. The number of hydrogen-bond acceptors (Lipinski definition) is 3. The molecule has 0 aromatic heterocycles. The number of nitrogens with one attached hydrogen (secondary N) is 1. The van der Waals surface area contributed by atoms with Crippen LogP contribution >= 0.6 is 0 Å². The van der Waals surface area contributed by atoms with Crippen LogP contribution in [0.1, 0.15) is 19.3 Å². The van der Waals surface area contributed by atoms with Crippen molar-refractivity contribution in [1.29, 1.82) is 0 Å². The van der Waals surface area contributed by atoms with Crippen LogP contribution in [0.25, 0.3) is 0 Å². The highest BCUT2D eigenvalue weighted by atomic mass is 16.2. The van der Waals surface area contributed by atoms with E-state index in [1.54, 1.807) is 4.90 Å². The molecule has 2 aliphatic heterocycles. The van der Waals surface area contributed by atoms with Crippen molar-refractivity contribution in [2.45, 2.75) is 25.3 Å². The zero-order chi connectivity index (χ0) is 11.8. The molecular formula is C12H19N3O2. The summed E-state index contributed by atoms with van der Waals surface area (Å²) in [6.07, 6.45) is 3.20. The van der Waals surface area contributed by atoms with Crippen LogP contribution in [0.5, 0.6) is 0 Å². The van der Waals surface area contributed by atoms with Crippen LogP contribution in [0.15, 0.2) is 0 Å². The van der Waals surface area contributed by atoms with Gasteiger partial charge in [-0.1, -0.05) is 0 Å². The van der Waals surface area contributed by atoms with E-state index in [4.69, 9.17) is 0 Å². The van der Waals surface area contributed by atoms with Gasteiger partial charge in [-0.3, -0.25) is 9.59 Å². The Morgan fingerprint density at radius 3 is 2.65 bits per heavy atom. The van der Waals surface area contributed by atoms with Crippen molar-refractivity contribution in [2.75, 3.05) is 32.7 Å². The number of carbonyl (C=O) groups excluding carboxylic acids is 2. The fourth-order valence-corrected chi connectivity index (χ4v) is 2.77. The normalized spacial score (nSPS) is 29.9. The highest BCUT2D eigenvalue weighted by Gasteiger charge is 2.38. The molecule has 1 atom stereocenters. The molecule has 2 saturated heterocycles. The maximum Gasteiger partial charge on any atom is 0.242 e. The molecule has 0 unspecified atom stereocenters. The highest BCUT2D eigenvalue weighted by Crippen LogP contribution is 2.28. The monoisotopic (exact) mass is 237 g/mol. The summed E-state index contributed by atoms with van der Waals surface area (Å²) in [7, 11) is 0. The van der Waals surface area contributed by atoms with E-state index in [0.717, 1.165) is 45.4 Å². The van der Waals surface area contributed by atoms with Gasteiger partial charge in [-0.2, -0.15) is 0 Å². The Kier molecular flexibility index (Phi) is 2.78. The lowest BCUT2D eigenvalue weighted by atomic mass is 10.1. The van der Waals surface area contributed by atoms with Crippen molar-refractivity contribution >= 4 is 11.8 Å². The molecule has 1 N–H and O–H groups in total. The molecule has 3 fully saturated rings. The molecule has 2 heterocycles. The second kappa shape index (κ2) is 4.29. The predicted octanol–water partition coefficient (Wildman–Crippen LogP) is -0.571. The van der Waals surface area contributed by atoms with Crippen LogP contribution in [0.2, 0.25) is 0 Å². The second-order valence-electron chi connectivity index (χ2n) is 5.27. The van der Waals surface area contributed by atoms with E-state index in [-0.39, 0.29) is 17.7 Å². The maximum atomic E-state index is 12.2. The lowest BCUT2D eigenvalue weighted by Crippen LogP contribution is -2.54. The van der Waals surface area contributed by atoms with Crippen molar-refractivity contribution in [3.63, 3.8) is 0 Å². The summed E-state index contributed by atoms with van der Waals surface area (Å²) in [5.74, 6) is 0.395. The quantitative estimate of drug-likeness (QED) is 0.700. The molecule has 0 spiro atoms. The number of amides is 2. The van der Waals surface area contributed by atoms with E-state index in [1.807, 2.05) is 4.90 Å². The van der Waals surface area contributed by atoms with Crippen LogP contribution in [0.4, 0.5) is 0 Å². The summed E-state index contributed by atoms with van der Waals surface area (Å²) in [6.45, 7) is 3.45. The third kappa shape index (κ3) is 2.16. The summed E-state index contributed by atoms with van der Waals surface area (Å²) in [5, 5.41) is 3.20. The van der Waals surface area contributed by atoms with E-state index in [1.165, 1.54) is 0 Å². The van der Waals surface area contributed by atoms with Gasteiger partial charge in [0, 0.05) is 25.7 Å². The molecule has 3 rings (SSSR count). The smallest absolute Gasteiger partial charge is 0.242 e. The Morgan fingerprint density at radius 2 is 2.06 bits per heavy atom. The van der Waals surface area contributed by atoms with Crippen molar-refractivity contribution in [2.24, 2.45) is 5.92 Å². The fraction of sp³-hybridized carbons (Fsp3) is 0.833. The van der Waals surface area contributed by atoms with Gasteiger partial charge < -0.3 is 15.1 Å². The third-order valence-electron chi connectivity index (χ3n) is 3.97. The minimum atomic E-state index is 0.0928. The number of carbonyl (C=O) groups is 2. The van der Waals surface area contributed by atoms with Crippen molar-refractivity contribution in [3.8, 4) is 0 Å². The van der Waals surface area contributed by atoms with Crippen molar-refractivity contribution in [3.05, 3.63) is 0 Å². The minimum Gasteiger partial charge on any atom is -0.336 e. The number of nitrogens with zero attached hydrogens (tertiary/aromatic N) is 2. The van der Waals surface area contributed by atoms with E-state index < -0.39 is 0 Å². The second-order valence-corrected chi connectivity index (χ2v) is 5.27. The molecule has 0 bridgehead atoms. The van der Waals surface area contributed by atoms with Gasteiger partial charge in [0.15, 0.2) is 0 Å². The standard InChI is InChI=1S/C12H19N3O2/c16-11-8-14(5-6-15(11)10-1-2-10)12(17)9-3-4-13-7-9/h9-10,13H,1-8H2/t9-/m0/s1. The van der Waals surface area contributed by atoms with Crippen LogP contribution in [0, 0.1) is 5.92 Å². The van der Waals surface area contributed by atoms with Crippen molar-refractivity contribution in [1.82, 2.24) is 15.1 Å². The fourth-order valence-electron chi connectivity index (χ4n) is 2.77. The summed E-state index contributed by atoms with van der Waals surface area (Å²) in [6, 6.07) is 0.480. The summed E-state index contributed by atoms with van der Waals surface area (Å²) in [4.78, 5) is 27.8. The zero-order valence-corrected chi connectivity index (χ0v) is 10.0. The first-order valence-electron chi connectivity index (χ1n) is 6.54. The van der Waals surface area contributed by atoms with Gasteiger partial charge in [0.25, 0.3) is 0 Å². The minimum absolute atomic E-state index is 0.0928. The van der Waals surface area contributed by atoms with Gasteiger partial charge >= 0.3 is 0 Å². The van der Waals surface area contributed by atoms with Crippen LogP contribution in [-0.2, 0) is 9.59 Å². The average molecular weight is 237 g/mol. The number of hydrogen-bond donors (Lipinski definition) is 1. The van der Waals surface area contributed by atoms with E-state index in [9.17, 15) is 9.59 Å². The topological polar surface area (TPSA) is 52.7 Å². The van der Waals surface area contributed by atoms with Gasteiger partial charge in [0.2, 0.25) is 11.8 Å². The molecule has 1 aliphatic carbocycles. The lowest BCUT2D eigenvalue weighted by molar-refractivity contribution is -0.147. The van der Waals surface area contributed by atoms with Gasteiger partial charge in [0.05, 0.1) is 12.5 Å². The first kappa shape index (κ1) is 11.0. The SMILES string of the molecule is O=C([C@H]1CCNC1)N1CCN(C2CC2)C(=O)C1. The van der Waals surface area contributed by atoms with Gasteiger partial charge in [0.1, 0.15) is 0 Å². The Balaban J connectivity index is 1.58. The largest absolute Gasteiger partial charge is 0.336 e. The lowest BCUT2D eigenvalue weighted by Gasteiger charge is -2.35. The first-order chi connectivity index (χ1) is 8.25. The van der Waals surface area contributed by atoms with Gasteiger partial charge in [-0.25, -0.2) is 0 Å². The molecular weight excluding hydrogens is 218 g/mol. The molecule has 94 valence electrons. The van der Waals surface area contributed by atoms with E-state index >= 15 is 0 Å². The molecule has 2 amide bonds. The average Bonchev–Trinajstić information content (AvgIpc) is 3.02. The van der Waals surface area contributed by atoms with Crippen LogP contribution in [0.3, 0.4) is 0 Å². The predicted molar refractivity (Wildman–Crippen MR) is 62.3 cm³/mol. The van der Waals surface area contributed by atoms with Crippen molar-refractivity contribution < 1.29 is 9.59 Å². The Labute approximate surface area is 101 Å². The Morgan fingerprint density at radius 1 is 1.24 bits per heavy atom. The van der Waals surface area contributed by atoms with E-state index in [0.29, 0.717) is 12.6 Å². The molecule has 5 nitrogen and oxygen atoms in total. The highest BCUT2D eigenvalue weighted by molar-refractivity contribution is 5.87. The Hall–Kier alpha value is -1.10. The van der Waals surface area contributed by atoms with Gasteiger partial charge in [-0.05, 0) is 25.8 Å². The molecule has 3 aliphatic rings. The molecule has 17 heavy (non-hydrogen) atoms. The number of piperazine rings is 1. The zero-order valence-electron chi connectivity index (χ0n) is 10.0. The van der Waals surface area contributed by atoms with E-state index in [2.05, 4.69) is 5.32 Å². The molecule has 0 aromatic carbocycles. The Bertz CT molecular complexity index is 335. The molecule has 1 saturated carbocycles. The summed E-state index contributed by atoms with van der Waals surface area (Å²) >= 11 is 0. The molecule has 0 aromatic rings. The first-order valence-corrected chi connectivity index (χ1v) is 6.54. The maximum absolute atomic E-state index is 12.2. The summed E-state index contributed by atoms with van der Waals surface area (Å²) in [5.41, 5.74) is 0. The number of rotatable bonds is 2.